The molecule has 34 heavy (non-hydrogen) atoms. The lowest BCUT2D eigenvalue weighted by molar-refractivity contribution is -0.130. The molecule has 1 saturated heterocycles. The Morgan fingerprint density at radius 1 is 1.18 bits per heavy atom. The lowest BCUT2D eigenvalue weighted by Gasteiger charge is -2.31. The Balaban J connectivity index is 0.00000103. The van der Waals surface area contributed by atoms with Gasteiger partial charge in [0.25, 0.3) is 0 Å². The van der Waals surface area contributed by atoms with Gasteiger partial charge in [0.05, 0.1) is 23.3 Å². The summed E-state index contributed by atoms with van der Waals surface area (Å²) < 4.78 is 26.1. The van der Waals surface area contributed by atoms with E-state index in [2.05, 4.69) is 20.6 Å². The number of anilines is 2. The number of ether oxygens (including phenoxy) is 2. The van der Waals surface area contributed by atoms with Crippen LogP contribution in [0.2, 0.25) is 5.02 Å². The number of hydrogen-bond acceptors (Lipinski definition) is 7. The van der Waals surface area contributed by atoms with Gasteiger partial charge in [-0.05, 0) is 32.3 Å². The van der Waals surface area contributed by atoms with Crippen molar-refractivity contribution in [1.82, 2.24) is 20.2 Å². The first-order chi connectivity index (χ1) is 16.4. The average Bonchev–Trinajstić information content (AvgIpc) is 2.83. The van der Waals surface area contributed by atoms with Crippen LogP contribution in [-0.2, 0) is 4.79 Å². The van der Waals surface area contributed by atoms with Crippen LogP contribution in [0.4, 0.5) is 15.9 Å². The average molecular weight is 490 g/mol. The number of aromatic nitrogens is 2. The summed E-state index contributed by atoms with van der Waals surface area (Å²) in [5.74, 6) is 1.02. The third-order valence-electron chi connectivity index (χ3n) is 5.31. The zero-order chi connectivity index (χ0) is 24.7. The van der Waals surface area contributed by atoms with Gasteiger partial charge in [-0.15, -0.1) is 0 Å². The highest BCUT2D eigenvalue weighted by molar-refractivity contribution is 6.31. The number of carbonyl (C=O) groups is 1. The number of piperidine rings is 1. The molecule has 182 valence electrons. The van der Waals surface area contributed by atoms with Crippen molar-refractivity contribution in [3.8, 4) is 11.5 Å². The lowest BCUT2D eigenvalue weighted by atomic mass is 10.1. The second kappa shape index (κ2) is 11.8. The van der Waals surface area contributed by atoms with Crippen molar-refractivity contribution in [3.63, 3.8) is 0 Å². The van der Waals surface area contributed by atoms with Gasteiger partial charge in [-0.1, -0.05) is 17.7 Å². The Bertz CT molecular complexity index is 1140. The van der Waals surface area contributed by atoms with Gasteiger partial charge in [0, 0.05) is 44.3 Å². The summed E-state index contributed by atoms with van der Waals surface area (Å²) in [7, 11) is 5.31. The number of carbonyl (C=O) groups excluding carboxylic acids is 1. The molecular formula is C24H29ClFN5O3. The molecule has 0 saturated carbocycles. The molecule has 2 N–H and O–H groups in total. The molecule has 0 spiro atoms. The second-order valence-electron chi connectivity index (χ2n) is 7.79. The summed E-state index contributed by atoms with van der Waals surface area (Å²) in [6.45, 7) is 2.88. The minimum Gasteiger partial charge on any atom is -0.493 e. The summed E-state index contributed by atoms with van der Waals surface area (Å²) in [5.41, 5.74) is 0.831. The van der Waals surface area contributed by atoms with E-state index < -0.39 is 5.82 Å². The molecule has 1 aromatic heterocycles. The number of halogens is 2. The number of benzene rings is 2. The van der Waals surface area contributed by atoms with E-state index in [9.17, 15) is 9.18 Å². The molecule has 1 amide bonds. The van der Waals surface area contributed by atoms with Crippen molar-refractivity contribution in [2.75, 3.05) is 39.6 Å². The Kier molecular flexibility index (Phi) is 8.84. The van der Waals surface area contributed by atoms with Crippen LogP contribution in [0, 0.1) is 5.82 Å². The van der Waals surface area contributed by atoms with Gasteiger partial charge >= 0.3 is 0 Å². The third kappa shape index (κ3) is 6.03. The van der Waals surface area contributed by atoms with Crippen LogP contribution in [0.5, 0.6) is 11.5 Å². The molecule has 1 aliphatic rings. The van der Waals surface area contributed by atoms with Crippen LogP contribution < -0.4 is 20.1 Å². The van der Waals surface area contributed by atoms with E-state index in [4.69, 9.17) is 21.1 Å². The van der Waals surface area contributed by atoms with Crippen molar-refractivity contribution in [2.45, 2.75) is 25.9 Å². The number of rotatable bonds is 5. The second-order valence-corrected chi connectivity index (χ2v) is 8.20. The quantitative estimate of drug-likeness (QED) is 0.549. The fourth-order valence-electron chi connectivity index (χ4n) is 3.61. The Morgan fingerprint density at radius 2 is 1.88 bits per heavy atom. The zero-order valence-corrected chi connectivity index (χ0v) is 20.4. The Morgan fingerprint density at radius 3 is 2.53 bits per heavy atom. The molecule has 3 aromatic rings. The molecule has 2 aromatic carbocycles. The molecule has 0 atom stereocenters. The van der Waals surface area contributed by atoms with E-state index >= 15 is 0 Å². The van der Waals surface area contributed by atoms with Gasteiger partial charge in [-0.25, -0.2) is 14.4 Å². The number of nitrogens with one attached hydrogen (secondary N) is 2. The highest BCUT2D eigenvalue weighted by Gasteiger charge is 2.23. The van der Waals surface area contributed by atoms with E-state index in [1.165, 1.54) is 12.4 Å². The smallest absolute Gasteiger partial charge is 0.219 e. The highest BCUT2D eigenvalue weighted by atomic mass is 35.5. The van der Waals surface area contributed by atoms with Crippen LogP contribution >= 0.6 is 11.6 Å². The summed E-state index contributed by atoms with van der Waals surface area (Å²) in [4.78, 5) is 21.9. The number of nitrogens with zero attached hydrogens (tertiary/aromatic N) is 3. The summed E-state index contributed by atoms with van der Waals surface area (Å²) in [6.07, 6.45) is 2.80. The molecular weight excluding hydrogens is 461 g/mol. The number of likely N-dealkylation sites (tertiary alicyclic amines) is 1. The first kappa shape index (κ1) is 25.5. The van der Waals surface area contributed by atoms with Crippen molar-refractivity contribution in [2.24, 2.45) is 0 Å². The number of fused-ring (bicyclic) bond motifs is 1. The predicted octanol–water partition coefficient (Wildman–Crippen LogP) is 4.40. The number of amides is 1. The molecule has 2 heterocycles. The fourth-order valence-corrected chi connectivity index (χ4v) is 3.79. The molecule has 0 radical (unpaired) electrons. The van der Waals surface area contributed by atoms with E-state index in [0.717, 1.165) is 12.8 Å². The third-order valence-corrected chi connectivity index (χ3v) is 5.60. The van der Waals surface area contributed by atoms with E-state index in [0.29, 0.717) is 41.3 Å². The van der Waals surface area contributed by atoms with Gasteiger partial charge in [-0.2, -0.15) is 0 Å². The first-order valence-corrected chi connectivity index (χ1v) is 11.3. The highest BCUT2D eigenvalue weighted by Crippen LogP contribution is 2.36. The SMILES string of the molecule is CNC.COc1cc2ncnc(Nc3cccc(Cl)c3F)c2cc1OC1CCN(C(C)=O)CC1. The summed E-state index contributed by atoms with van der Waals surface area (Å²) in [5, 5.41) is 6.41. The normalized spacial score (nSPS) is 13.8. The molecule has 0 bridgehead atoms. The minimum absolute atomic E-state index is 0.0194. The molecule has 1 aliphatic heterocycles. The van der Waals surface area contributed by atoms with E-state index in [-0.39, 0.29) is 22.7 Å². The van der Waals surface area contributed by atoms with Gasteiger partial charge in [0.2, 0.25) is 5.91 Å². The largest absolute Gasteiger partial charge is 0.493 e. The zero-order valence-electron chi connectivity index (χ0n) is 19.7. The number of methoxy groups -OCH3 is 1. The van der Waals surface area contributed by atoms with Crippen molar-refractivity contribution in [3.05, 3.63) is 47.5 Å². The van der Waals surface area contributed by atoms with Crippen molar-refractivity contribution < 1.29 is 18.7 Å². The monoisotopic (exact) mass is 489 g/mol. The maximum Gasteiger partial charge on any atom is 0.219 e. The fraction of sp³-hybridized carbons (Fsp3) is 0.375. The molecule has 0 unspecified atom stereocenters. The van der Waals surface area contributed by atoms with Gasteiger partial charge < -0.3 is 25.0 Å². The predicted molar refractivity (Wildman–Crippen MR) is 132 cm³/mol. The molecule has 0 aliphatic carbocycles. The van der Waals surface area contributed by atoms with Crippen LogP contribution in [0.3, 0.4) is 0 Å². The topological polar surface area (TPSA) is 88.6 Å². The van der Waals surface area contributed by atoms with Crippen LogP contribution in [0.1, 0.15) is 19.8 Å². The molecule has 4 rings (SSSR count). The maximum atomic E-state index is 14.4. The van der Waals surface area contributed by atoms with Crippen molar-refractivity contribution >= 4 is 39.9 Å². The van der Waals surface area contributed by atoms with Gasteiger partial charge in [0.15, 0.2) is 17.3 Å². The first-order valence-electron chi connectivity index (χ1n) is 10.9. The molecule has 10 heteroatoms. The summed E-state index contributed by atoms with van der Waals surface area (Å²) in [6, 6.07) is 8.27. The van der Waals surface area contributed by atoms with Gasteiger partial charge in [0.1, 0.15) is 18.2 Å². The van der Waals surface area contributed by atoms with Crippen LogP contribution in [0.15, 0.2) is 36.7 Å². The van der Waals surface area contributed by atoms with Crippen molar-refractivity contribution in [1.29, 1.82) is 0 Å². The molecule has 1 fully saturated rings. The number of hydrogen-bond donors (Lipinski definition) is 2. The molecule has 8 nitrogen and oxygen atoms in total. The lowest BCUT2D eigenvalue weighted by Crippen LogP contribution is -2.40. The van der Waals surface area contributed by atoms with E-state index in [1.54, 1.807) is 38.3 Å². The van der Waals surface area contributed by atoms with Crippen LogP contribution in [0.25, 0.3) is 10.9 Å². The minimum atomic E-state index is -0.557. The standard InChI is InChI=1S/C22H22ClFN4O3.C2H7N/c1-13(29)28-8-6-14(7-9-28)31-20-10-15-18(11-19(20)30-2)25-12-26-22(15)27-17-5-3-4-16(23)21(17)24;1-3-2/h3-5,10-12,14H,6-9H2,1-2H3,(H,25,26,27);3H,1-2H3. The van der Waals surface area contributed by atoms with Gasteiger partial charge in [-0.3, -0.25) is 4.79 Å². The maximum absolute atomic E-state index is 14.4. The summed E-state index contributed by atoms with van der Waals surface area (Å²) >= 11 is 5.89. The Hall–Kier alpha value is -3.17. The van der Waals surface area contributed by atoms with E-state index in [1.807, 2.05) is 19.0 Å². The van der Waals surface area contributed by atoms with Crippen LogP contribution in [-0.4, -0.2) is 61.2 Å². The Labute approximate surface area is 203 Å².